The van der Waals surface area contributed by atoms with Crippen molar-refractivity contribution in [3.8, 4) is 0 Å². The fourth-order valence-corrected chi connectivity index (χ4v) is 7.11. The average molecular weight is 534 g/mol. The molecule has 4 aliphatic rings. The normalized spacial score (nSPS) is 26.3. The van der Waals surface area contributed by atoms with Crippen LogP contribution in [0.4, 0.5) is 19.7 Å². The lowest BCUT2D eigenvalue weighted by Gasteiger charge is -2.42. The zero-order valence-electron chi connectivity index (χ0n) is 22.5. The Balaban J connectivity index is 1.23. The molecule has 2 saturated heterocycles. The van der Waals surface area contributed by atoms with Gasteiger partial charge in [-0.3, -0.25) is 4.90 Å². The van der Waals surface area contributed by atoms with E-state index in [0.717, 1.165) is 69.4 Å². The summed E-state index contributed by atoms with van der Waals surface area (Å²) in [5.74, 6) is 0.218. The number of piperidine rings is 2. The number of hydrogen-bond acceptors (Lipinski definition) is 7. The van der Waals surface area contributed by atoms with E-state index >= 15 is 0 Å². The Bertz CT molecular complexity index is 1000. The Hall–Kier alpha value is -2.43. The van der Waals surface area contributed by atoms with Crippen molar-refractivity contribution < 1.29 is 32.9 Å². The summed E-state index contributed by atoms with van der Waals surface area (Å²) < 4.78 is 35.2. The van der Waals surface area contributed by atoms with Crippen molar-refractivity contribution in [2.45, 2.75) is 56.0 Å². The van der Waals surface area contributed by atoms with Crippen LogP contribution in [0.2, 0.25) is 0 Å². The highest BCUT2D eigenvalue weighted by Crippen LogP contribution is 2.49. The third-order valence-corrected chi connectivity index (χ3v) is 9.04. The topological polar surface area (TPSA) is 80.8 Å². The van der Waals surface area contributed by atoms with E-state index in [-0.39, 0.29) is 36.6 Å². The van der Waals surface area contributed by atoms with Gasteiger partial charge in [0.05, 0.1) is 18.9 Å². The lowest BCUT2D eigenvalue weighted by atomic mass is 9.74. The van der Waals surface area contributed by atoms with Crippen LogP contribution in [0.5, 0.6) is 0 Å². The summed E-state index contributed by atoms with van der Waals surface area (Å²) in [7, 11) is 3.16. The van der Waals surface area contributed by atoms with Gasteiger partial charge in [-0.1, -0.05) is 0 Å². The van der Waals surface area contributed by atoms with Crippen molar-refractivity contribution in [3.05, 3.63) is 29.6 Å². The smallest absolute Gasteiger partial charge is 0.414 e. The molecule has 3 heterocycles. The van der Waals surface area contributed by atoms with Crippen LogP contribution in [0, 0.1) is 11.7 Å². The fourth-order valence-electron chi connectivity index (χ4n) is 7.11. The number of anilines is 1. The highest BCUT2D eigenvalue weighted by molar-refractivity contribution is 5.91. The van der Waals surface area contributed by atoms with E-state index in [1.54, 1.807) is 31.3 Å². The van der Waals surface area contributed by atoms with Gasteiger partial charge in [0.15, 0.2) is 0 Å². The second-order valence-corrected chi connectivity index (χ2v) is 11.1. The molecule has 3 unspecified atom stereocenters. The first-order valence-corrected chi connectivity index (χ1v) is 13.9. The van der Waals surface area contributed by atoms with E-state index in [0.29, 0.717) is 31.7 Å². The summed E-state index contributed by atoms with van der Waals surface area (Å²) in [5.41, 5.74) is 1.37. The molecule has 0 bridgehead atoms. The summed E-state index contributed by atoms with van der Waals surface area (Å²) in [5, 5.41) is 0. The van der Waals surface area contributed by atoms with Gasteiger partial charge in [-0.2, -0.15) is 0 Å². The number of likely N-dealkylation sites (tertiary alicyclic amines) is 2. The largest absolute Gasteiger partial charge is 0.447 e. The molecule has 5 rings (SSSR count). The average Bonchev–Trinajstić information content (AvgIpc) is 3.49. The maximum atomic E-state index is 14.4. The maximum absolute atomic E-state index is 14.4. The van der Waals surface area contributed by atoms with Crippen molar-refractivity contribution >= 4 is 17.9 Å². The second kappa shape index (κ2) is 11.8. The van der Waals surface area contributed by atoms with E-state index in [9.17, 15) is 14.0 Å². The molecule has 2 amide bonds. The molecule has 10 heteroatoms. The number of rotatable bonds is 7. The van der Waals surface area contributed by atoms with Crippen molar-refractivity contribution in [2.24, 2.45) is 5.92 Å². The van der Waals surface area contributed by atoms with Crippen LogP contribution in [-0.4, -0.2) is 101 Å². The van der Waals surface area contributed by atoms with Crippen LogP contribution >= 0.6 is 0 Å². The van der Waals surface area contributed by atoms with Crippen LogP contribution < -0.4 is 4.90 Å². The highest BCUT2D eigenvalue weighted by atomic mass is 19.1. The summed E-state index contributed by atoms with van der Waals surface area (Å²) in [4.78, 5) is 31.8. The summed E-state index contributed by atoms with van der Waals surface area (Å²) >= 11 is 0. The Morgan fingerprint density at radius 1 is 0.974 bits per heavy atom. The van der Waals surface area contributed by atoms with Gasteiger partial charge in [0.2, 0.25) is 0 Å². The van der Waals surface area contributed by atoms with Crippen LogP contribution in [-0.2, 0) is 24.4 Å². The van der Waals surface area contributed by atoms with Gasteiger partial charge in [-0.05, 0) is 81.3 Å². The van der Waals surface area contributed by atoms with Crippen LogP contribution in [0.1, 0.15) is 44.1 Å². The molecule has 1 aromatic rings. The van der Waals surface area contributed by atoms with Gasteiger partial charge < -0.3 is 28.7 Å². The van der Waals surface area contributed by atoms with E-state index in [1.807, 2.05) is 4.90 Å². The zero-order chi connectivity index (χ0) is 26.7. The van der Waals surface area contributed by atoms with Crippen LogP contribution in [0.3, 0.4) is 0 Å². The molecule has 9 nitrogen and oxygen atoms in total. The Kier molecular flexibility index (Phi) is 8.40. The molecule has 3 fully saturated rings. The molecule has 0 aromatic heterocycles. The first-order valence-electron chi connectivity index (χ1n) is 13.9. The molecule has 3 aliphatic heterocycles. The minimum atomic E-state index is -0.411. The Morgan fingerprint density at radius 3 is 2.39 bits per heavy atom. The van der Waals surface area contributed by atoms with Gasteiger partial charge in [-0.25, -0.2) is 14.0 Å². The fraction of sp³-hybridized carbons (Fsp3) is 0.714. The van der Waals surface area contributed by atoms with Crippen molar-refractivity contribution in [1.82, 2.24) is 9.80 Å². The zero-order valence-corrected chi connectivity index (χ0v) is 22.5. The Morgan fingerprint density at radius 2 is 1.68 bits per heavy atom. The first-order chi connectivity index (χ1) is 18.5. The molecule has 210 valence electrons. The van der Waals surface area contributed by atoms with Gasteiger partial charge >= 0.3 is 12.2 Å². The predicted octanol–water partition coefficient (Wildman–Crippen LogP) is 3.79. The van der Waals surface area contributed by atoms with E-state index in [4.69, 9.17) is 18.9 Å². The van der Waals surface area contributed by atoms with Gasteiger partial charge in [0, 0.05) is 44.8 Å². The minimum absolute atomic E-state index is 0.185. The number of carbonyl (C=O) groups is 2. The first kappa shape index (κ1) is 27.1. The maximum Gasteiger partial charge on any atom is 0.414 e. The number of benzene rings is 1. The van der Waals surface area contributed by atoms with Gasteiger partial charge in [-0.15, -0.1) is 0 Å². The molecule has 1 aliphatic carbocycles. The van der Waals surface area contributed by atoms with Gasteiger partial charge in [0.1, 0.15) is 19.0 Å². The number of fused-ring (bicyclic) bond motifs is 3. The summed E-state index contributed by atoms with van der Waals surface area (Å²) in [6.07, 6.45) is 5.26. The molecule has 1 aromatic carbocycles. The molecule has 3 atom stereocenters. The van der Waals surface area contributed by atoms with E-state index < -0.39 is 6.09 Å². The predicted molar refractivity (Wildman–Crippen MR) is 139 cm³/mol. The molecule has 38 heavy (non-hydrogen) atoms. The van der Waals surface area contributed by atoms with Crippen LogP contribution in [0.15, 0.2) is 18.2 Å². The van der Waals surface area contributed by atoms with Gasteiger partial charge in [0.25, 0.3) is 0 Å². The number of hydrogen-bond donors (Lipinski definition) is 0. The molecule has 0 N–H and O–H groups in total. The standard InChI is InChI=1S/C28H40FN3O6/c1-35-12-14-37-26(33)31-9-3-4-20-16-22(18-25(20)31)30-10-7-28(8-11-30)19-32(27(34)38-15-13-36-2)24-6-5-21(29)17-23(24)28/h5-6,17,20,22,25H,3-4,7-16,18-19H2,1-2H3. The number of ether oxygens (including phenoxy) is 4. The van der Waals surface area contributed by atoms with Crippen LogP contribution in [0.25, 0.3) is 0 Å². The monoisotopic (exact) mass is 533 g/mol. The summed E-state index contributed by atoms with van der Waals surface area (Å²) in [6.45, 7) is 4.21. The minimum Gasteiger partial charge on any atom is -0.447 e. The molecule has 0 radical (unpaired) electrons. The lowest BCUT2D eigenvalue weighted by molar-refractivity contribution is 0.0436. The number of methoxy groups -OCH3 is 2. The highest BCUT2D eigenvalue weighted by Gasteiger charge is 2.50. The summed E-state index contributed by atoms with van der Waals surface area (Å²) in [6, 6.07) is 5.35. The molecule has 1 saturated carbocycles. The van der Waals surface area contributed by atoms with Crippen molar-refractivity contribution in [3.63, 3.8) is 0 Å². The quantitative estimate of drug-likeness (QED) is 0.494. The number of nitrogens with zero attached hydrogens (tertiary/aromatic N) is 3. The molecular weight excluding hydrogens is 493 g/mol. The SMILES string of the molecule is COCCOC(=O)N1CC2(CCN(C3CC4CCCN(C(=O)OCCOC)C4C3)CC2)c2cc(F)ccc21. The molecule has 1 spiro atoms. The lowest BCUT2D eigenvalue weighted by Crippen LogP contribution is -2.49. The number of amides is 2. The number of halogens is 1. The number of carbonyl (C=O) groups excluding carboxylic acids is 2. The third-order valence-electron chi connectivity index (χ3n) is 9.04. The van der Waals surface area contributed by atoms with Crippen molar-refractivity contribution in [1.29, 1.82) is 0 Å². The third kappa shape index (κ3) is 5.35. The van der Waals surface area contributed by atoms with Crippen molar-refractivity contribution in [2.75, 3.05) is 71.7 Å². The van der Waals surface area contributed by atoms with E-state index in [1.165, 1.54) is 6.07 Å². The molecular formula is C28H40FN3O6. The second-order valence-electron chi connectivity index (χ2n) is 11.1. The Labute approximate surface area is 224 Å². The van der Waals surface area contributed by atoms with E-state index in [2.05, 4.69) is 4.90 Å².